The van der Waals surface area contributed by atoms with Crippen LogP contribution in [0.1, 0.15) is 45.0 Å². The van der Waals surface area contributed by atoms with Gasteiger partial charge in [0.2, 0.25) is 0 Å². The normalized spacial score (nSPS) is 19.5. The summed E-state index contributed by atoms with van der Waals surface area (Å²) in [6.07, 6.45) is 7.04. The van der Waals surface area contributed by atoms with Crippen molar-refractivity contribution in [1.82, 2.24) is 15.2 Å². The number of likely N-dealkylation sites (N-methyl/N-ethyl adjacent to an activating group) is 1. The molecule has 0 saturated carbocycles. The SMILES string of the molecule is CCNC(Cc1nccs1)C(C)(C)N1CCCCC1. The maximum atomic E-state index is 4.46. The Labute approximate surface area is 121 Å². The van der Waals surface area contributed by atoms with Gasteiger partial charge in [0, 0.05) is 29.6 Å². The summed E-state index contributed by atoms with van der Waals surface area (Å²) < 4.78 is 0. The number of hydrogen-bond donors (Lipinski definition) is 1. The fourth-order valence-electron chi connectivity index (χ4n) is 3.04. The van der Waals surface area contributed by atoms with Crippen molar-refractivity contribution in [3.63, 3.8) is 0 Å². The van der Waals surface area contributed by atoms with E-state index in [2.05, 4.69) is 41.4 Å². The smallest absolute Gasteiger partial charge is 0.0941 e. The second kappa shape index (κ2) is 6.82. The van der Waals surface area contributed by atoms with Gasteiger partial charge in [-0.05, 0) is 46.3 Å². The van der Waals surface area contributed by atoms with Gasteiger partial charge >= 0.3 is 0 Å². The van der Waals surface area contributed by atoms with Crippen LogP contribution in [0, 0.1) is 0 Å². The molecule has 3 nitrogen and oxygen atoms in total. The molecule has 19 heavy (non-hydrogen) atoms. The van der Waals surface area contributed by atoms with Gasteiger partial charge in [0.15, 0.2) is 0 Å². The van der Waals surface area contributed by atoms with Gasteiger partial charge in [-0.3, -0.25) is 4.90 Å². The molecule has 0 spiro atoms. The Bertz CT molecular complexity index is 355. The Hall–Kier alpha value is -0.450. The van der Waals surface area contributed by atoms with E-state index < -0.39 is 0 Å². The first-order valence-electron chi connectivity index (χ1n) is 7.51. The molecule has 1 aromatic heterocycles. The van der Waals surface area contributed by atoms with E-state index in [4.69, 9.17) is 0 Å². The van der Waals surface area contributed by atoms with Gasteiger partial charge in [0.05, 0.1) is 5.01 Å². The molecule has 0 bridgehead atoms. The van der Waals surface area contributed by atoms with Crippen LogP contribution in [0.25, 0.3) is 0 Å². The summed E-state index contributed by atoms with van der Waals surface area (Å²) in [5.74, 6) is 0. The van der Waals surface area contributed by atoms with Crippen LogP contribution in [0.3, 0.4) is 0 Å². The van der Waals surface area contributed by atoms with E-state index in [1.807, 2.05) is 6.20 Å². The van der Waals surface area contributed by atoms with E-state index >= 15 is 0 Å². The maximum Gasteiger partial charge on any atom is 0.0941 e. The van der Waals surface area contributed by atoms with Crippen LogP contribution in [-0.2, 0) is 6.42 Å². The van der Waals surface area contributed by atoms with Crippen molar-refractivity contribution < 1.29 is 0 Å². The van der Waals surface area contributed by atoms with E-state index in [0.717, 1.165) is 13.0 Å². The fourth-order valence-corrected chi connectivity index (χ4v) is 3.70. The first kappa shape index (κ1) is 14.9. The number of aromatic nitrogens is 1. The molecule has 1 aromatic rings. The third kappa shape index (κ3) is 3.77. The molecule has 0 aromatic carbocycles. The molecule has 1 fully saturated rings. The fraction of sp³-hybridized carbons (Fsp3) is 0.800. The Morgan fingerprint density at radius 2 is 2.11 bits per heavy atom. The zero-order valence-corrected chi connectivity index (χ0v) is 13.3. The molecule has 0 aliphatic carbocycles. The number of piperidine rings is 1. The predicted octanol–water partition coefficient (Wildman–Crippen LogP) is 2.93. The molecule has 2 heterocycles. The molecule has 4 heteroatoms. The van der Waals surface area contributed by atoms with E-state index in [1.165, 1.54) is 37.4 Å². The van der Waals surface area contributed by atoms with Crippen molar-refractivity contribution >= 4 is 11.3 Å². The van der Waals surface area contributed by atoms with Crippen LogP contribution in [0.15, 0.2) is 11.6 Å². The molecule has 1 N–H and O–H groups in total. The minimum Gasteiger partial charge on any atom is -0.312 e. The summed E-state index contributed by atoms with van der Waals surface area (Å²) in [4.78, 5) is 7.12. The number of thiazole rings is 1. The van der Waals surface area contributed by atoms with E-state index in [0.29, 0.717) is 6.04 Å². The second-order valence-corrected chi connectivity index (χ2v) is 6.92. The molecular weight excluding hydrogens is 254 g/mol. The molecule has 1 aliphatic heterocycles. The Morgan fingerprint density at radius 1 is 1.37 bits per heavy atom. The summed E-state index contributed by atoms with van der Waals surface area (Å²) in [5.41, 5.74) is 0.197. The average Bonchev–Trinajstić information content (AvgIpc) is 2.92. The summed E-state index contributed by atoms with van der Waals surface area (Å²) >= 11 is 1.77. The van der Waals surface area contributed by atoms with Crippen molar-refractivity contribution in [3.05, 3.63) is 16.6 Å². The summed E-state index contributed by atoms with van der Waals surface area (Å²) in [6, 6.07) is 0.474. The minimum atomic E-state index is 0.197. The van der Waals surface area contributed by atoms with Crippen LogP contribution in [-0.4, -0.2) is 41.1 Å². The average molecular weight is 281 g/mol. The van der Waals surface area contributed by atoms with Crippen molar-refractivity contribution in [1.29, 1.82) is 0 Å². The van der Waals surface area contributed by atoms with Crippen molar-refractivity contribution in [2.24, 2.45) is 0 Å². The largest absolute Gasteiger partial charge is 0.312 e. The molecule has 1 saturated heterocycles. The lowest BCUT2D eigenvalue weighted by Crippen LogP contribution is -2.59. The highest BCUT2D eigenvalue weighted by molar-refractivity contribution is 7.09. The van der Waals surface area contributed by atoms with Crippen molar-refractivity contribution in [3.8, 4) is 0 Å². The second-order valence-electron chi connectivity index (χ2n) is 5.94. The Morgan fingerprint density at radius 3 is 2.68 bits per heavy atom. The van der Waals surface area contributed by atoms with E-state index in [1.54, 1.807) is 11.3 Å². The summed E-state index contributed by atoms with van der Waals surface area (Å²) in [5, 5.41) is 7.01. The van der Waals surface area contributed by atoms with Crippen LogP contribution < -0.4 is 5.32 Å². The summed E-state index contributed by atoms with van der Waals surface area (Å²) in [7, 11) is 0. The zero-order valence-electron chi connectivity index (χ0n) is 12.5. The molecule has 0 radical (unpaired) electrons. The van der Waals surface area contributed by atoms with Gasteiger partial charge in [-0.1, -0.05) is 13.3 Å². The van der Waals surface area contributed by atoms with Gasteiger partial charge < -0.3 is 5.32 Å². The third-order valence-corrected chi connectivity index (χ3v) is 5.14. The van der Waals surface area contributed by atoms with Crippen LogP contribution >= 0.6 is 11.3 Å². The first-order valence-corrected chi connectivity index (χ1v) is 8.39. The highest BCUT2D eigenvalue weighted by atomic mass is 32.1. The van der Waals surface area contributed by atoms with Crippen LogP contribution in [0.5, 0.6) is 0 Å². The topological polar surface area (TPSA) is 28.2 Å². The summed E-state index contributed by atoms with van der Waals surface area (Å²) in [6.45, 7) is 10.5. The first-order chi connectivity index (χ1) is 9.14. The molecular formula is C15H27N3S. The number of nitrogens with one attached hydrogen (secondary N) is 1. The van der Waals surface area contributed by atoms with Gasteiger partial charge in [0.1, 0.15) is 0 Å². The Balaban J connectivity index is 2.06. The maximum absolute atomic E-state index is 4.46. The van der Waals surface area contributed by atoms with E-state index in [9.17, 15) is 0 Å². The molecule has 1 unspecified atom stereocenters. The lowest BCUT2D eigenvalue weighted by molar-refractivity contribution is 0.0616. The molecule has 0 amide bonds. The molecule has 1 aliphatic rings. The van der Waals surface area contributed by atoms with Crippen LogP contribution in [0.2, 0.25) is 0 Å². The quantitative estimate of drug-likeness (QED) is 0.869. The van der Waals surface area contributed by atoms with Crippen molar-refractivity contribution in [2.75, 3.05) is 19.6 Å². The number of rotatable bonds is 6. The van der Waals surface area contributed by atoms with Crippen LogP contribution in [0.4, 0.5) is 0 Å². The molecule has 2 rings (SSSR count). The number of likely N-dealkylation sites (tertiary alicyclic amines) is 1. The lowest BCUT2D eigenvalue weighted by atomic mass is 9.88. The molecule has 108 valence electrons. The van der Waals surface area contributed by atoms with E-state index in [-0.39, 0.29) is 5.54 Å². The monoisotopic (exact) mass is 281 g/mol. The number of nitrogens with zero attached hydrogens (tertiary/aromatic N) is 2. The third-order valence-electron chi connectivity index (χ3n) is 4.34. The Kier molecular flexibility index (Phi) is 5.37. The van der Waals surface area contributed by atoms with Gasteiger partial charge in [-0.2, -0.15) is 0 Å². The van der Waals surface area contributed by atoms with Gasteiger partial charge in [-0.25, -0.2) is 4.98 Å². The highest BCUT2D eigenvalue weighted by Gasteiger charge is 2.35. The minimum absolute atomic E-state index is 0.197. The van der Waals surface area contributed by atoms with Gasteiger partial charge in [0.25, 0.3) is 0 Å². The standard InChI is InChI=1S/C15H27N3S/c1-4-16-13(12-14-17-8-11-19-14)15(2,3)18-9-6-5-7-10-18/h8,11,13,16H,4-7,9-10,12H2,1-3H3. The zero-order chi connectivity index (χ0) is 13.7. The van der Waals surface area contributed by atoms with Crippen molar-refractivity contribution in [2.45, 2.75) is 58.0 Å². The predicted molar refractivity (Wildman–Crippen MR) is 82.8 cm³/mol. The highest BCUT2D eigenvalue weighted by Crippen LogP contribution is 2.26. The lowest BCUT2D eigenvalue weighted by Gasteiger charge is -2.46. The van der Waals surface area contributed by atoms with Gasteiger partial charge in [-0.15, -0.1) is 11.3 Å². The number of hydrogen-bond acceptors (Lipinski definition) is 4. The molecule has 1 atom stereocenters.